The predicted octanol–water partition coefficient (Wildman–Crippen LogP) is 1.43. The van der Waals surface area contributed by atoms with E-state index in [0.717, 1.165) is 25.8 Å². The van der Waals surface area contributed by atoms with Crippen LogP contribution in [0.25, 0.3) is 32.6 Å². The van der Waals surface area contributed by atoms with Gasteiger partial charge in [0.15, 0.2) is 12.4 Å². The third kappa shape index (κ3) is 3.63. The predicted molar refractivity (Wildman–Crippen MR) is 111 cm³/mol. The molecule has 0 atom stereocenters. The minimum atomic E-state index is -0.206. The fourth-order valence-electron chi connectivity index (χ4n) is 4.16. The smallest absolute Gasteiger partial charge is 0.217 e. The molecular formula is C23H26BrN3O. The molecule has 0 fully saturated rings. The number of unbranched alkanes of at least 4 members (excludes halogenated alkanes) is 2. The van der Waals surface area contributed by atoms with Crippen LogP contribution in [0.15, 0.2) is 42.7 Å². The molecule has 2 aromatic heterocycles. The number of halogens is 1. The quantitative estimate of drug-likeness (QED) is 0.346. The van der Waals surface area contributed by atoms with Gasteiger partial charge in [-0.25, -0.2) is 4.57 Å². The first-order chi connectivity index (χ1) is 13.1. The van der Waals surface area contributed by atoms with E-state index in [1.165, 1.54) is 43.7 Å². The van der Waals surface area contributed by atoms with Crippen molar-refractivity contribution < 1.29 is 26.3 Å². The van der Waals surface area contributed by atoms with Crippen molar-refractivity contribution in [2.24, 2.45) is 5.73 Å². The van der Waals surface area contributed by atoms with Gasteiger partial charge in [0.1, 0.15) is 6.54 Å². The minimum Gasteiger partial charge on any atom is -1.00 e. The molecule has 146 valence electrons. The Morgan fingerprint density at radius 2 is 1.79 bits per heavy atom. The lowest BCUT2D eigenvalue weighted by molar-refractivity contribution is -0.696. The molecule has 0 aliphatic carbocycles. The number of nitrogens with zero attached hydrogens (tertiary/aromatic N) is 1. The number of amides is 1. The lowest BCUT2D eigenvalue weighted by Gasteiger charge is -2.08. The third-order valence-electron chi connectivity index (χ3n) is 5.62. The number of carbonyl (C=O) groups excluding carboxylic acids is 1. The number of primary amides is 1. The van der Waals surface area contributed by atoms with Gasteiger partial charge in [0, 0.05) is 40.6 Å². The maximum atomic E-state index is 10.8. The van der Waals surface area contributed by atoms with Gasteiger partial charge < -0.3 is 27.7 Å². The van der Waals surface area contributed by atoms with E-state index in [9.17, 15) is 4.79 Å². The summed E-state index contributed by atoms with van der Waals surface area (Å²) in [5, 5.41) is 5.23. The average molecular weight is 440 g/mol. The summed E-state index contributed by atoms with van der Waals surface area (Å²) in [5.41, 5.74) is 10.3. The highest BCUT2D eigenvalue weighted by molar-refractivity contribution is 6.16. The Balaban J connectivity index is 0.00000225. The van der Waals surface area contributed by atoms with Crippen molar-refractivity contribution >= 4 is 38.5 Å². The Bertz CT molecular complexity index is 1160. The zero-order valence-corrected chi connectivity index (χ0v) is 18.0. The SMILES string of the molecule is Cc1c2cc[n+](CCCCCC(N)=O)cc2c(C)c2c1[nH]c1ccccc12.[Br-]. The van der Waals surface area contributed by atoms with Gasteiger partial charge in [-0.2, -0.15) is 0 Å². The highest BCUT2D eigenvalue weighted by atomic mass is 79.9. The minimum absolute atomic E-state index is 0. The molecule has 4 aromatic rings. The highest BCUT2D eigenvalue weighted by Gasteiger charge is 2.16. The van der Waals surface area contributed by atoms with Crippen LogP contribution in [-0.4, -0.2) is 10.9 Å². The summed E-state index contributed by atoms with van der Waals surface area (Å²) in [4.78, 5) is 14.4. The Morgan fingerprint density at radius 3 is 2.57 bits per heavy atom. The molecule has 0 aliphatic rings. The van der Waals surface area contributed by atoms with Gasteiger partial charge >= 0.3 is 0 Å². The number of pyridine rings is 1. The standard InChI is InChI=1S/C23H25N3O.BrH/c1-15-19-14-26(12-7-3-4-10-21(24)27)13-11-17(19)16(2)23-22(15)18-8-5-6-9-20(18)25-23;/h5-6,8-9,11,13-14H,3-4,7,10,12H2,1-2H3,(H2,24,27);1H. The van der Waals surface area contributed by atoms with Crippen LogP contribution in [0, 0.1) is 13.8 Å². The van der Waals surface area contributed by atoms with Gasteiger partial charge in [-0.05, 0) is 49.3 Å². The lowest BCUT2D eigenvalue weighted by Crippen LogP contribution is -3.00. The van der Waals surface area contributed by atoms with Gasteiger partial charge in [0.05, 0.1) is 5.52 Å². The van der Waals surface area contributed by atoms with Crippen molar-refractivity contribution in [3.63, 3.8) is 0 Å². The van der Waals surface area contributed by atoms with Crippen molar-refractivity contribution in [1.82, 2.24) is 4.98 Å². The molecule has 0 spiro atoms. The number of aromatic amines is 1. The second kappa shape index (κ2) is 8.31. The molecule has 0 aliphatic heterocycles. The van der Waals surface area contributed by atoms with Gasteiger partial charge in [-0.3, -0.25) is 4.79 Å². The highest BCUT2D eigenvalue weighted by Crippen LogP contribution is 2.35. The monoisotopic (exact) mass is 439 g/mol. The lowest BCUT2D eigenvalue weighted by atomic mass is 9.97. The molecule has 3 N–H and O–H groups in total. The first kappa shape index (κ1) is 20.3. The van der Waals surface area contributed by atoms with Crippen LogP contribution in [0.3, 0.4) is 0 Å². The zero-order chi connectivity index (χ0) is 19.0. The molecular weight excluding hydrogens is 414 g/mol. The Labute approximate surface area is 175 Å². The topological polar surface area (TPSA) is 62.8 Å². The van der Waals surface area contributed by atoms with E-state index in [-0.39, 0.29) is 22.9 Å². The molecule has 0 saturated carbocycles. The normalized spacial score (nSPS) is 11.2. The third-order valence-corrected chi connectivity index (χ3v) is 5.62. The van der Waals surface area contributed by atoms with Crippen molar-refractivity contribution in [2.45, 2.75) is 46.1 Å². The van der Waals surface area contributed by atoms with Crippen LogP contribution in [0.4, 0.5) is 0 Å². The van der Waals surface area contributed by atoms with Crippen LogP contribution in [0.5, 0.6) is 0 Å². The van der Waals surface area contributed by atoms with E-state index >= 15 is 0 Å². The maximum absolute atomic E-state index is 10.8. The van der Waals surface area contributed by atoms with Crippen LogP contribution < -0.4 is 27.3 Å². The van der Waals surface area contributed by atoms with Crippen molar-refractivity contribution in [1.29, 1.82) is 0 Å². The average Bonchev–Trinajstić information content (AvgIpc) is 3.05. The number of hydrogen-bond donors (Lipinski definition) is 2. The Kier molecular flexibility index (Phi) is 6.04. The summed E-state index contributed by atoms with van der Waals surface area (Å²) in [5.74, 6) is -0.206. The second-order valence-electron chi connectivity index (χ2n) is 7.46. The van der Waals surface area contributed by atoms with E-state index in [1.807, 2.05) is 0 Å². The molecule has 2 heterocycles. The molecule has 4 nitrogen and oxygen atoms in total. The molecule has 28 heavy (non-hydrogen) atoms. The number of nitrogens with one attached hydrogen (secondary N) is 1. The number of hydrogen-bond acceptors (Lipinski definition) is 1. The van der Waals surface area contributed by atoms with E-state index in [2.05, 4.69) is 66.1 Å². The number of para-hydroxylation sites is 1. The molecule has 5 heteroatoms. The summed E-state index contributed by atoms with van der Waals surface area (Å²) >= 11 is 0. The molecule has 0 unspecified atom stereocenters. The van der Waals surface area contributed by atoms with Gasteiger partial charge in [-0.15, -0.1) is 0 Å². The molecule has 0 bridgehead atoms. The van der Waals surface area contributed by atoms with Crippen LogP contribution in [-0.2, 0) is 11.3 Å². The summed E-state index contributed by atoms with van der Waals surface area (Å²) in [6.07, 6.45) is 7.87. The summed E-state index contributed by atoms with van der Waals surface area (Å²) < 4.78 is 2.26. The second-order valence-corrected chi connectivity index (χ2v) is 7.46. The summed E-state index contributed by atoms with van der Waals surface area (Å²) in [6.45, 7) is 5.38. The first-order valence-electron chi connectivity index (χ1n) is 9.67. The Morgan fingerprint density at radius 1 is 1.00 bits per heavy atom. The number of fused-ring (bicyclic) bond motifs is 4. The van der Waals surface area contributed by atoms with Crippen LogP contribution >= 0.6 is 0 Å². The number of aromatic nitrogens is 2. The van der Waals surface area contributed by atoms with E-state index in [4.69, 9.17) is 5.73 Å². The largest absolute Gasteiger partial charge is 1.00 e. The molecule has 1 amide bonds. The maximum Gasteiger partial charge on any atom is 0.217 e. The number of nitrogens with two attached hydrogens (primary N) is 1. The first-order valence-corrected chi connectivity index (χ1v) is 9.67. The van der Waals surface area contributed by atoms with E-state index in [0.29, 0.717) is 6.42 Å². The molecule has 0 saturated heterocycles. The number of aryl methyl sites for hydroxylation is 3. The molecule has 2 aromatic carbocycles. The van der Waals surface area contributed by atoms with Crippen molar-refractivity contribution in [2.75, 3.05) is 0 Å². The fourth-order valence-corrected chi connectivity index (χ4v) is 4.16. The molecule has 4 rings (SSSR count). The number of benzene rings is 2. The fraction of sp³-hybridized carbons (Fsp3) is 0.304. The van der Waals surface area contributed by atoms with Crippen LogP contribution in [0.2, 0.25) is 0 Å². The summed E-state index contributed by atoms with van der Waals surface area (Å²) in [7, 11) is 0. The number of H-pyrrole nitrogens is 1. The summed E-state index contributed by atoms with van der Waals surface area (Å²) in [6, 6.07) is 10.7. The van der Waals surface area contributed by atoms with Gasteiger partial charge in [0.25, 0.3) is 0 Å². The van der Waals surface area contributed by atoms with E-state index < -0.39 is 0 Å². The number of rotatable bonds is 6. The number of carbonyl (C=O) groups is 1. The van der Waals surface area contributed by atoms with E-state index in [1.54, 1.807) is 0 Å². The Hall–Kier alpha value is -2.40. The van der Waals surface area contributed by atoms with Gasteiger partial charge in [0.2, 0.25) is 5.91 Å². The van der Waals surface area contributed by atoms with Gasteiger partial charge in [-0.1, -0.05) is 18.2 Å². The van der Waals surface area contributed by atoms with Crippen molar-refractivity contribution in [3.05, 3.63) is 53.9 Å². The molecule has 0 radical (unpaired) electrons. The zero-order valence-electron chi connectivity index (χ0n) is 16.4. The van der Waals surface area contributed by atoms with Crippen molar-refractivity contribution in [3.8, 4) is 0 Å². The van der Waals surface area contributed by atoms with Crippen LogP contribution in [0.1, 0.15) is 36.8 Å².